The van der Waals surface area contributed by atoms with E-state index >= 15 is 0 Å². The van der Waals surface area contributed by atoms with Gasteiger partial charge in [0, 0.05) is 23.1 Å². The molecular weight excluding hydrogens is 316 g/mol. The van der Waals surface area contributed by atoms with Gasteiger partial charge in [-0.25, -0.2) is 0 Å². The van der Waals surface area contributed by atoms with E-state index < -0.39 is 0 Å². The molecule has 4 heteroatoms. The monoisotopic (exact) mass is 340 g/mol. The number of piperidine rings is 1. The van der Waals surface area contributed by atoms with Gasteiger partial charge in [-0.3, -0.25) is 4.90 Å². The Morgan fingerprint density at radius 2 is 2.30 bits per heavy atom. The Bertz CT molecular complexity index is 438. The number of nitrogens with zero attached hydrogens (tertiary/aromatic N) is 1. The zero-order chi connectivity index (χ0) is 14.5. The normalized spacial score (nSPS) is 21.7. The van der Waals surface area contributed by atoms with Crippen LogP contribution in [0, 0.1) is 5.92 Å². The lowest BCUT2D eigenvalue weighted by atomic mass is 9.93. The number of rotatable bonds is 5. The van der Waals surface area contributed by atoms with Crippen molar-refractivity contribution >= 4 is 15.9 Å². The molecular formula is C16H25BrN2O. The largest absolute Gasteiger partial charge is 0.496 e. The summed E-state index contributed by atoms with van der Waals surface area (Å²) in [6, 6.07) is 6.42. The molecule has 0 aliphatic carbocycles. The second kappa shape index (κ2) is 7.43. The summed E-state index contributed by atoms with van der Waals surface area (Å²) >= 11 is 3.56. The van der Waals surface area contributed by atoms with Gasteiger partial charge in [0.15, 0.2) is 0 Å². The van der Waals surface area contributed by atoms with Crippen LogP contribution in [0.1, 0.15) is 37.8 Å². The molecule has 0 radical (unpaired) electrons. The Morgan fingerprint density at radius 1 is 1.50 bits per heavy atom. The number of methoxy groups -OCH3 is 1. The van der Waals surface area contributed by atoms with Crippen LogP contribution in [-0.2, 0) is 0 Å². The maximum Gasteiger partial charge on any atom is 0.123 e. The van der Waals surface area contributed by atoms with E-state index in [2.05, 4.69) is 33.8 Å². The van der Waals surface area contributed by atoms with E-state index in [1.807, 2.05) is 12.1 Å². The van der Waals surface area contributed by atoms with E-state index in [9.17, 15) is 0 Å². The minimum atomic E-state index is 0.247. The Labute approximate surface area is 130 Å². The van der Waals surface area contributed by atoms with Gasteiger partial charge >= 0.3 is 0 Å². The summed E-state index contributed by atoms with van der Waals surface area (Å²) in [5.74, 6) is 1.73. The summed E-state index contributed by atoms with van der Waals surface area (Å²) in [5, 5.41) is 0. The predicted molar refractivity (Wildman–Crippen MR) is 87.1 cm³/mol. The van der Waals surface area contributed by atoms with Crippen molar-refractivity contribution in [2.45, 2.75) is 32.2 Å². The minimum absolute atomic E-state index is 0.247. The van der Waals surface area contributed by atoms with Crippen LogP contribution in [0.15, 0.2) is 22.7 Å². The van der Waals surface area contributed by atoms with E-state index in [-0.39, 0.29) is 6.04 Å². The van der Waals surface area contributed by atoms with Crippen LogP contribution in [0.3, 0.4) is 0 Å². The van der Waals surface area contributed by atoms with Gasteiger partial charge in [0.1, 0.15) is 5.75 Å². The number of hydrogen-bond donors (Lipinski definition) is 1. The molecule has 2 atom stereocenters. The van der Waals surface area contributed by atoms with E-state index in [0.717, 1.165) is 29.2 Å². The lowest BCUT2D eigenvalue weighted by Gasteiger charge is -2.38. The van der Waals surface area contributed by atoms with Gasteiger partial charge in [0.25, 0.3) is 0 Å². The topological polar surface area (TPSA) is 38.5 Å². The fourth-order valence-corrected chi connectivity index (χ4v) is 3.53. The molecule has 2 rings (SSSR count). The van der Waals surface area contributed by atoms with Gasteiger partial charge in [-0.05, 0) is 43.5 Å². The van der Waals surface area contributed by atoms with Crippen LogP contribution >= 0.6 is 15.9 Å². The van der Waals surface area contributed by atoms with Crippen LogP contribution in [0.25, 0.3) is 0 Å². The number of halogens is 1. The van der Waals surface area contributed by atoms with Gasteiger partial charge in [-0.15, -0.1) is 0 Å². The first kappa shape index (κ1) is 15.8. The van der Waals surface area contributed by atoms with Gasteiger partial charge in [0.05, 0.1) is 13.2 Å². The predicted octanol–water partition coefficient (Wildman–Crippen LogP) is 3.58. The smallest absolute Gasteiger partial charge is 0.123 e. The van der Waals surface area contributed by atoms with Gasteiger partial charge in [0.2, 0.25) is 0 Å². The van der Waals surface area contributed by atoms with Crippen molar-refractivity contribution in [3.05, 3.63) is 28.2 Å². The summed E-state index contributed by atoms with van der Waals surface area (Å²) in [6.07, 6.45) is 3.87. The molecule has 1 fully saturated rings. The molecule has 3 nitrogen and oxygen atoms in total. The molecule has 2 unspecified atom stereocenters. The zero-order valence-electron chi connectivity index (χ0n) is 12.4. The number of nitrogens with two attached hydrogens (primary N) is 1. The van der Waals surface area contributed by atoms with Gasteiger partial charge < -0.3 is 10.5 Å². The fraction of sp³-hybridized carbons (Fsp3) is 0.625. The highest BCUT2D eigenvalue weighted by atomic mass is 79.9. The molecule has 1 aliphatic rings. The Kier molecular flexibility index (Phi) is 5.87. The first-order valence-electron chi connectivity index (χ1n) is 7.47. The second-order valence-electron chi connectivity index (χ2n) is 5.55. The Balaban J connectivity index is 2.25. The zero-order valence-corrected chi connectivity index (χ0v) is 14.0. The van der Waals surface area contributed by atoms with E-state index in [1.165, 1.54) is 24.8 Å². The lowest BCUT2D eigenvalue weighted by Crippen LogP contribution is -2.41. The third kappa shape index (κ3) is 3.54. The lowest BCUT2D eigenvalue weighted by molar-refractivity contribution is 0.122. The average Bonchev–Trinajstić information content (AvgIpc) is 2.48. The molecule has 0 bridgehead atoms. The highest BCUT2D eigenvalue weighted by molar-refractivity contribution is 9.10. The third-order valence-corrected chi connectivity index (χ3v) is 4.84. The summed E-state index contributed by atoms with van der Waals surface area (Å²) in [4.78, 5) is 2.53. The molecule has 0 saturated carbocycles. The van der Waals surface area contributed by atoms with Crippen molar-refractivity contribution < 1.29 is 4.74 Å². The molecule has 20 heavy (non-hydrogen) atoms. The van der Waals surface area contributed by atoms with Crippen molar-refractivity contribution in [1.29, 1.82) is 0 Å². The van der Waals surface area contributed by atoms with Crippen molar-refractivity contribution in [3.63, 3.8) is 0 Å². The maximum absolute atomic E-state index is 6.08. The molecule has 0 spiro atoms. The van der Waals surface area contributed by atoms with Crippen molar-refractivity contribution in [3.8, 4) is 5.75 Å². The molecule has 0 amide bonds. The highest BCUT2D eigenvalue weighted by Crippen LogP contribution is 2.34. The average molecular weight is 341 g/mol. The standard InChI is InChI=1S/C16H25BrN2O/c1-3-12-5-4-8-19(11-12)15(10-18)14-9-13(17)6-7-16(14)20-2/h6-7,9,12,15H,3-5,8,10-11,18H2,1-2H3. The second-order valence-corrected chi connectivity index (χ2v) is 6.46. The first-order valence-corrected chi connectivity index (χ1v) is 8.26. The van der Waals surface area contributed by atoms with Gasteiger partial charge in [-0.2, -0.15) is 0 Å². The number of likely N-dealkylation sites (tertiary alicyclic amines) is 1. The van der Waals surface area contributed by atoms with E-state index in [1.54, 1.807) is 7.11 Å². The highest BCUT2D eigenvalue weighted by Gasteiger charge is 2.27. The van der Waals surface area contributed by atoms with Crippen LogP contribution in [0.4, 0.5) is 0 Å². The summed E-state index contributed by atoms with van der Waals surface area (Å²) in [5.41, 5.74) is 7.28. The SMILES string of the molecule is CCC1CCCN(C(CN)c2cc(Br)ccc2OC)C1. The molecule has 1 aliphatic heterocycles. The molecule has 1 aromatic carbocycles. The Hall–Kier alpha value is -0.580. The molecule has 0 aromatic heterocycles. The first-order chi connectivity index (χ1) is 9.69. The molecule has 2 N–H and O–H groups in total. The minimum Gasteiger partial charge on any atom is -0.496 e. The van der Waals surface area contributed by atoms with Crippen LogP contribution < -0.4 is 10.5 Å². The molecule has 1 heterocycles. The summed E-state index contributed by atoms with van der Waals surface area (Å²) < 4.78 is 6.60. The number of benzene rings is 1. The molecule has 1 saturated heterocycles. The molecule has 112 valence electrons. The summed E-state index contributed by atoms with van der Waals surface area (Å²) in [7, 11) is 1.73. The van der Waals surface area contributed by atoms with Crippen molar-refractivity contribution in [1.82, 2.24) is 4.90 Å². The van der Waals surface area contributed by atoms with Gasteiger partial charge in [-0.1, -0.05) is 29.3 Å². The third-order valence-electron chi connectivity index (χ3n) is 4.34. The van der Waals surface area contributed by atoms with Crippen LogP contribution in [-0.4, -0.2) is 31.6 Å². The summed E-state index contributed by atoms with van der Waals surface area (Å²) in [6.45, 7) is 5.19. The van der Waals surface area contributed by atoms with E-state index in [0.29, 0.717) is 6.54 Å². The van der Waals surface area contributed by atoms with Crippen LogP contribution in [0.5, 0.6) is 5.75 Å². The maximum atomic E-state index is 6.08. The fourth-order valence-electron chi connectivity index (χ4n) is 3.15. The number of hydrogen-bond acceptors (Lipinski definition) is 3. The Morgan fingerprint density at radius 3 is 2.95 bits per heavy atom. The van der Waals surface area contributed by atoms with Crippen molar-refractivity contribution in [2.75, 3.05) is 26.7 Å². The number of ether oxygens (including phenoxy) is 1. The quantitative estimate of drug-likeness (QED) is 0.890. The molecule has 1 aromatic rings. The van der Waals surface area contributed by atoms with E-state index in [4.69, 9.17) is 10.5 Å². The van der Waals surface area contributed by atoms with Crippen LogP contribution in [0.2, 0.25) is 0 Å². The van der Waals surface area contributed by atoms with Crippen molar-refractivity contribution in [2.24, 2.45) is 11.7 Å².